The quantitative estimate of drug-likeness (QED) is 0.827. The third-order valence-corrected chi connectivity index (χ3v) is 3.64. The summed E-state index contributed by atoms with van der Waals surface area (Å²) in [6, 6.07) is 0.379. The van der Waals surface area contributed by atoms with Crippen molar-refractivity contribution in [2.45, 2.75) is 52.0 Å². The lowest BCUT2D eigenvalue weighted by Crippen LogP contribution is -2.19. The van der Waals surface area contributed by atoms with Crippen LogP contribution in [-0.2, 0) is 12.8 Å². The van der Waals surface area contributed by atoms with Gasteiger partial charge in [-0.25, -0.2) is 4.98 Å². The van der Waals surface area contributed by atoms with Crippen LogP contribution in [0.3, 0.4) is 0 Å². The molecule has 0 radical (unpaired) electrons. The molecular formula is C13H23N5. The monoisotopic (exact) mass is 249 g/mol. The largest absolute Gasteiger partial charge is 0.353 e. The van der Waals surface area contributed by atoms with Gasteiger partial charge in [0.05, 0.1) is 11.4 Å². The summed E-state index contributed by atoms with van der Waals surface area (Å²) in [4.78, 5) is 4.53. The van der Waals surface area contributed by atoms with Gasteiger partial charge in [-0.05, 0) is 38.0 Å². The highest BCUT2D eigenvalue weighted by Crippen LogP contribution is 2.23. The Bertz CT molecular complexity index is 393. The molecule has 0 saturated heterocycles. The molecule has 1 aliphatic carbocycles. The van der Waals surface area contributed by atoms with E-state index >= 15 is 0 Å². The van der Waals surface area contributed by atoms with Crippen LogP contribution in [0.15, 0.2) is 0 Å². The molecule has 1 aliphatic rings. The van der Waals surface area contributed by atoms with E-state index in [1.165, 1.54) is 6.42 Å². The Morgan fingerprint density at radius 1 is 1.17 bits per heavy atom. The highest BCUT2D eigenvalue weighted by Gasteiger charge is 2.21. The number of hydrogen-bond acceptors (Lipinski definition) is 5. The number of aromatic nitrogens is 3. The molecule has 5 heteroatoms. The maximum Gasteiger partial charge on any atom is 0.242 e. The Morgan fingerprint density at radius 2 is 1.94 bits per heavy atom. The van der Waals surface area contributed by atoms with Crippen LogP contribution < -0.4 is 11.1 Å². The van der Waals surface area contributed by atoms with Crippen molar-refractivity contribution in [3.8, 4) is 0 Å². The summed E-state index contributed by atoms with van der Waals surface area (Å²) in [5.74, 6) is 1.31. The normalized spacial score (nSPS) is 23.3. The Hall–Kier alpha value is -1.23. The van der Waals surface area contributed by atoms with Gasteiger partial charge in [-0.1, -0.05) is 13.8 Å². The van der Waals surface area contributed by atoms with Crippen LogP contribution in [0, 0.1) is 5.92 Å². The molecule has 0 aliphatic heterocycles. The van der Waals surface area contributed by atoms with E-state index in [9.17, 15) is 0 Å². The fraction of sp³-hybridized carbons (Fsp3) is 0.769. The third-order valence-electron chi connectivity index (χ3n) is 3.64. The smallest absolute Gasteiger partial charge is 0.242 e. The number of anilines is 1. The van der Waals surface area contributed by atoms with Crippen LogP contribution in [0.25, 0.3) is 0 Å². The van der Waals surface area contributed by atoms with Crippen molar-refractivity contribution in [1.82, 2.24) is 15.2 Å². The van der Waals surface area contributed by atoms with Crippen LogP contribution in [0.5, 0.6) is 0 Å². The average molecular weight is 249 g/mol. The molecule has 0 bridgehead atoms. The summed E-state index contributed by atoms with van der Waals surface area (Å²) in [5, 5.41) is 11.7. The van der Waals surface area contributed by atoms with Gasteiger partial charge < -0.3 is 11.1 Å². The first-order valence-electron chi connectivity index (χ1n) is 6.94. The molecule has 5 nitrogen and oxygen atoms in total. The zero-order valence-corrected chi connectivity index (χ0v) is 11.3. The van der Waals surface area contributed by atoms with Crippen molar-refractivity contribution < 1.29 is 0 Å². The summed E-state index contributed by atoms with van der Waals surface area (Å²) in [6.07, 6.45) is 5.24. The summed E-state index contributed by atoms with van der Waals surface area (Å²) < 4.78 is 0. The molecule has 0 amide bonds. The van der Waals surface area contributed by atoms with E-state index in [0.29, 0.717) is 17.9 Å². The fourth-order valence-corrected chi connectivity index (χ4v) is 2.55. The zero-order valence-electron chi connectivity index (χ0n) is 11.3. The lowest BCUT2D eigenvalue weighted by Gasteiger charge is -2.11. The summed E-state index contributed by atoms with van der Waals surface area (Å²) >= 11 is 0. The third kappa shape index (κ3) is 3.16. The summed E-state index contributed by atoms with van der Waals surface area (Å²) in [6.45, 7) is 5.09. The number of nitrogens with two attached hydrogens (primary N) is 1. The Kier molecular flexibility index (Phi) is 4.47. The van der Waals surface area contributed by atoms with Gasteiger partial charge in [0.1, 0.15) is 0 Å². The minimum absolute atomic E-state index is 0.379. The molecule has 2 unspecified atom stereocenters. The predicted molar refractivity (Wildman–Crippen MR) is 72.4 cm³/mol. The maximum atomic E-state index is 5.91. The van der Waals surface area contributed by atoms with Crippen LogP contribution in [-0.4, -0.2) is 27.8 Å². The second-order valence-electron chi connectivity index (χ2n) is 5.06. The van der Waals surface area contributed by atoms with E-state index in [4.69, 9.17) is 5.73 Å². The molecule has 1 saturated carbocycles. The molecule has 0 spiro atoms. The number of aryl methyl sites for hydroxylation is 2. The lowest BCUT2D eigenvalue weighted by molar-refractivity contribution is 0.562. The molecule has 1 aromatic rings. The highest BCUT2D eigenvalue weighted by atomic mass is 15.2. The van der Waals surface area contributed by atoms with Gasteiger partial charge in [-0.2, -0.15) is 5.10 Å². The van der Waals surface area contributed by atoms with Crippen molar-refractivity contribution in [2.75, 3.05) is 11.9 Å². The van der Waals surface area contributed by atoms with Gasteiger partial charge in [0.2, 0.25) is 5.95 Å². The fourth-order valence-electron chi connectivity index (χ4n) is 2.55. The second-order valence-corrected chi connectivity index (χ2v) is 5.06. The van der Waals surface area contributed by atoms with Crippen LogP contribution in [0.2, 0.25) is 0 Å². The molecule has 0 aromatic carbocycles. The lowest BCUT2D eigenvalue weighted by atomic mass is 10.1. The minimum Gasteiger partial charge on any atom is -0.353 e. The van der Waals surface area contributed by atoms with E-state index in [-0.39, 0.29) is 0 Å². The van der Waals surface area contributed by atoms with E-state index in [0.717, 1.165) is 43.6 Å². The number of rotatable bonds is 5. The van der Waals surface area contributed by atoms with Crippen molar-refractivity contribution in [3.63, 3.8) is 0 Å². The van der Waals surface area contributed by atoms with Crippen molar-refractivity contribution >= 4 is 5.95 Å². The molecule has 2 rings (SSSR count). The maximum absolute atomic E-state index is 5.91. The number of nitrogens with one attached hydrogen (secondary N) is 1. The molecule has 3 N–H and O–H groups in total. The minimum atomic E-state index is 0.379. The molecule has 1 aromatic heterocycles. The molecule has 1 fully saturated rings. The average Bonchev–Trinajstić information content (AvgIpc) is 2.81. The Labute approximate surface area is 109 Å². The zero-order chi connectivity index (χ0) is 13.0. The molecule has 100 valence electrons. The Balaban J connectivity index is 1.93. The van der Waals surface area contributed by atoms with Gasteiger partial charge in [0.15, 0.2) is 0 Å². The van der Waals surface area contributed by atoms with Crippen LogP contribution in [0.1, 0.15) is 44.5 Å². The first kappa shape index (κ1) is 13.2. The van der Waals surface area contributed by atoms with E-state index in [1.54, 1.807) is 0 Å². The van der Waals surface area contributed by atoms with E-state index < -0.39 is 0 Å². The molecule has 1 heterocycles. The van der Waals surface area contributed by atoms with Crippen molar-refractivity contribution in [2.24, 2.45) is 11.7 Å². The summed E-state index contributed by atoms with van der Waals surface area (Å²) in [7, 11) is 0. The van der Waals surface area contributed by atoms with Gasteiger partial charge in [-0.15, -0.1) is 5.10 Å². The predicted octanol–water partition coefficient (Wildman–Crippen LogP) is 1.54. The van der Waals surface area contributed by atoms with Gasteiger partial charge in [0.25, 0.3) is 0 Å². The number of nitrogens with zero attached hydrogens (tertiary/aromatic N) is 3. The number of hydrogen-bond donors (Lipinski definition) is 2. The Morgan fingerprint density at radius 3 is 2.56 bits per heavy atom. The van der Waals surface area contributed by atoms with E-state index in [1.807, 2.05) is 0 Å². The molecule has 18 heavy (non-hydrogen) atoms. The van der Waals surface area contributed by atoms with Gasteiger partial charge in [0, 0.05) is 12.6 Å². The van der Waals surface area contributed by atoms with Crippen LogP contribution >= 0.6 is 0 Å². The van der Waals surface area contributed by atoms with Crippen molar-refractivity contribution in [3.05, 3.63) is 11.4 Å². The van der Waals surface area contributed by atoms with Gasteiger partial charge in [-0.3, -0.25) is 0 Å². The van der Waals surface area contributed by atoms with Crippen molar-refractivity contribution in [1.29, 1.82) is 0 Å². The standard InChI is InChI=1S/C13H23N5/c1-3-11-12(4-2)17-18-13(16-11)15-8-9-5-6-10(14)7-9/h9-10H,3-8,14H2,1-2H3,(H,15,16,18). The first-order chi connectivity index (χ1) is 8.72. The van der Waals surface area contributed by atoms with Crippen LogP contribution in [0.4, 0.5) is 5.95 Å². The first-order valence-corrected chi connectivity index (χ1v) is 6.94. The van der Waals surface area contributed by atoms with E-state index in [2.05, 4.69) is 34.3 Å². The molecule has 2 atom stereocenters. The SMILES string of the molecule is CCc1nnc(NCC2CCC(N)C2)nc1CC. The summed E-state index contributed by atoms with van der Waals surface area (Å²) in [5.41, 5.74) is 7.97. The molecular weight excluding hydrogens is 226 g/mol. The topological polar surface area (TPSA) is 76.7 Å². The van der Waals surface area contributed by atoms with Gasteiger partial charge >= 0.3 is 0 Å². The highest BCUT2D eigenvalue weighted by molar-refractivity contribution is 5.25. The second kappa shape index (κ2) is 6.09.